The summed E-state index contributed by atoms with van der Waals surface area (Å²) in [5, 5.41) is 11.5. The van der Waals surface area contributed by atoms with Crippen molar-refractivity contribution in [1.82, 2.24) is 5.32 Å². The number of aliphatic carboxylic acids is 1. The normalized spacial score (nSPS) is 12.4. The van der Waals surface area contributed by atoms with E-state index in [2.05, 4.69) is 19.2 Å². The molecule has 1 amide bonds. The fraction of sp³-hybridized carbons (Fsp3) is 0.889. The third-order valence-electron chi connectivity index (χ3n) is 8.00. The number of nitrogens with one attached hydrogen (secondary N) is 1. The van der Waals surface area contributed by atoms with Crippen LogP contribution in [-0.2, 0) is 28.7 Å². The number of carboxylic acids is 1. The topological polar surface area (TPSA) is 145 Å². The van der Waals surface area contributed by atoms with Gasteiger partial charge in [0.25, 0.3) is 0 Å². The molecule has 0 aliphatic carbocycles. The van der Waals surface area contributed by atoms with Crippen molar-refractivity contribution in [1.29, 1.82) is 0 Å². The molecule has 0 saturated carbocycles. The van der Waals surface area contributed by atoms with Gasteiger partial charge in [0, 0.05) is 37.3 Å². The molecule has 4 N–H and O–H groups in total. The minimum Gasteiger partial charge on any atom is -0.481 e. The van der Waals surface area contributed by atoms with Crippen molar-refractivity contribution in [3.05, 3.63) is 0 Å². The highest BCUT2D eigenvalue weighted by Crippen LogP contribution is 2.14. The Morgan fingerprint density at radius 1 is 0.630 bits per heavy atom. The van der Waals surface area contributed by atoms with Crippen molar-refractivity contribution in [3.63, 3.8) is 0 Å². The Hall–Kier alpha value is -1.81. The van der Waals surface area contributed by atoms with Crippen molar-refractivity contribution in [2.75, 3.05) is 24.7 Å². The van der Waals surface area contributed by atoms with Gasteiger partial charge in [-0.3, -0.25) is 19.2 Å². The zero-order valence-corrected chi connectivity index (χ0v) is 30.2. The molecule has 0 fully saturated rings. The zero-order valence-electron chi connectivity index (χ0n) is 29.3. The molecule has 270 valence electrons. The second-order valence-corrected chi connectivity index (χ2v) is 13.7. The van der Waals surface area contributed by atoms with Gasteiger partial charge in [-0.2, -0.15) is 11.8 Å². The van der Waals surface area contributed by atoms with Crippen LogP contribution < -0.4 is 11.1 Å². The summed E-state index contributed by atoms with van der Waals surface area (Å²) in [6.07, 6.45) is 23.3. The minimum absolute atomic E-state index is 0.00450. The number of carbonyl (C=O) groups is 4. The van der Waals surface area contributed by atoms with E-state index in [0.717, 1.165) is 44.9 Å². The molecule has 0 radical (unpaired) electrons. The number of hydrogen-bond donors (Lipinski definition) is 3. The maximum atomic E-state index is 12.6. The van der Waals surface area contributed by atoms with Gasteiger partial charge in [-0.05, 0) is 25.7 Å². The van der Waals surface area contributed by atoms with Crippen LogP contribution in [0.4, 0.5) is 0 Å². The van der Waals surface area contributed by atoms with E-state index in [4.69, 9.17) is 20.3 Å². The molecule has 46 heavy (non-hydrogen) atoms. The molecule has 0 unspecified atom stereocenters. The maximum Gasteiger partial charge on any atom is 0.306 e. The predicted molar refractivity (Wildman–Crippen MR) is 189 cm³/mol. The number of carboxylic acid groups (broad SMARTS) is 1. The smallest absolute Gasteiger partial charge is 0.306 e. The number of rotatable bonds is 34. The Morgan fingerprint density at radius 2 is 1.09 bits per heavy atom. The van der Waals surface area contributed by atoms with Gasteiger partial charge in [0.2, 0.25) is 5.91 Å². The van der Waals surface area contributed by atoms with Gasteiger partial charge >= 0.3 is 17.9 Å². The van der Waals surface area contributed by atoms with Crippen molar-refractivity contribution >= 4 is 35.6 Å². The van der Waals surface area contributed by atoms with E-state index in [1.807, 2.05) is 0 Å². The van der Waals surface area contributed by atoms with E-state index in [9.17, 15) is 19.2 Å². The molecule has 0 aromatic carbocycles. The first-order valence-electron chi connectivity index (χ1n) is 18.5. The lowest BCUT2D eigenvalue weighted by Crippen LogP contribution is -2.43. The monoisotopic (exact) mass is 672 g/mol. The van der Waals surface area contributed by atoms with E-state index in [0.29, 0.717) is 43.7 Å². The molecule has 0 bridgehead atoms. The second kappa shape index (κ2) is 33.1. The maximum absolute atomic E-state index is 12.6. The van der Waals surface area contributed by atoms with Gasteiger partial charge in [0.05, 0.1) is 6.04 Å². The molecule has 0 aromatic heterocycles. The van der Waals surface area contributed by atoms with Crippen LogP contribution >= 0.6 is 11.8 Å². The molecule has 0 spiro atoms. The van der Waals surface area contributed by atoms with Crippen LogP contribution in [0, 0.1) is 0 Å². The number of carbonyl (C=O) groups excluding carboxylic acids is 3. The van der Waals surface area contributed by atoms with Gasteiger partial charge in [0.15, 0.2) is 0 Å². The summed E-state index contributed by atoms with van der Waals surface area (Å²) in [7, 11) is 0. The van der Waals surface area contributed by atoms with E-state index in [1.54, 1.807) is 0 Å². The van der Waals surface area contributed by atoms with Crippen molar-refractivity contribution < 1.29 is 33.8 Å². The first-order chi connectivity index (χ1) is 22.3. The molecule has 0 aliphatic rings. The van der Waals surface area contributed by atoms with E-state index in [1.165, 1.54) is 88.8 Å². The van der Waals surface area contributed by atoms with Gasteiger partial charge in [-0.1, -0.05) is 123 Å². The third-order valence-corrected chi connectivity index (χ3v) is 9.20. The predicted octanol–water partition coefficient (Wildman–Crippen LogP) is 8.10. The van der Waals surface area contributed by atoms with E-state index < -0.39 is 18.1 Å². The highest BCUT2D eigenvalue weighted by molar-refractivity contribution is 7.99. The van der Waals surface area contributed by atoms with E-state index in [-0.39, 0.29) is 30.9 Å². The number of hydrogen-bond acceptors (Lipinski definition) is 8. The van der Waals surface area contributed by atoms with Crippen LogP contribution in [0.25, 0.3) is 0 Å². The molecule has 2 atom stereocenters. The van der Waals surface area contributed by atoms with Crippen LogP contribution in [0.15, 0.2) is 0 Å². The molecule has 0 rings (SSSR count). The number of amides is 1. The van der Waals surface area contributed by atoms with Crippen LogP contribution in [0.1, 0.15) is 168 Å². The van der Waals surface area contributed by atoms with Crippen LogP contribution in [0.3, 0.4) is 0 Å². The van der Waals surface area contributed by atoms with Crippen LogP contribution in [-0.4, -0.2) is 65.7 Å². The summed E-state index contributed by atoms with van der Waals surface area (Å²) >= 11 is 1.40. The molecule has 0 heterocycles. The number of ether oxygens (including phenoxy) is 2. The standard InChI is InChI=1S/C36H68N2O7S/c1-3-5-7-9-11-13-15-17-21-25-34(41)44-28-31(45-35(42)26-22-18-16-14-12-10-8-6-4-2)29-46-30-32(37)36(43)38-27-23-19-20-24-33(39)40/h31-32H,3-30,37H2,1-2H3,(H,38,43)(H,39,40)/t31-,32-/m0/s1. The lowest BCUT2D eigenvalue weighted by Gasteiger charge is -2.19. The first-order valence-corrected chi connectivity index (χ1v) is 19.6. The lowest BCUT2D eigenvalue weighted by atomic mass is 10.1. The van der Waals surface area contributed by atoms with Gasteiger partial charge in [-0.25, -0.2) is 0 Å². The summed E-state index contributed by atoms with van der Waals surface area (Å²) in [5.41, 5.74) is 6.06. The number of unbranched alkanes of at least 4 members (excludes halogenated alkanes) is 18. The van der Waals surface area contributed by atoms with Gasteiger partial charge in [0.1, 0.15) is 12.7 Å². The second-order valence-electron chi connectivity index (χ2n) is 12.6. The molecular formula is C36H68N2O7S. The molecule has 0 aliphatic heterocycles. The fourth-order valence-corrected chi connectivity index (χ4v) is 6.07. The van der Waals surface area contributed by atoms with Crippen LogP contribution in [0.5, 0.6) is 0 Å². The highest BCUT2D eigenvalue weighted by atomic mass is 32.2. The average molecular weight is 673 g/mol. The van der Waals surface area contributed by atoms with Gasteiger partial charge in [-0.15, -0.1) is 0 Å². The summed E-state index contributed by atoms with van der Waals surface area (Å²) in [4.78, 5) is 47.9. The quantitative estimate of drug-likeness (QED) is 0.0456. The molecule has 0 aromatic rings. The zero-order chi connectivity index (χ0) is 34.1. The molecule has 0 saturated heterocycles. The Bertz CT molecular complexity index is 769. The number of nitrogens with two attached hydrogens (primary N) is 1. The Kier molecular flexibility index (Phi) is 31.8. The largest absolute Gasteiger partial charge is 0.481 e. The lowest BCUT2D eigenvalue weighted by molar-refractivity contribution is -0.157. The Labute approximate surface area is 284 Å². The summed E-state index contributed by atoms with van der Waals surface area (Å²) < 4.78 is 11.2. The SMILES string of the molecule is CCCCCCCCCCCC(=O)OC[C@@H](CSC[C@H](N)C(=O)NCCCCCC(=O)O)OC(=O)CCCCCCCCCCC. The van der Waals surface area contributed by atoms with Gasteiger partial charge < -0.3 is 25.6 Å². The molecule has 10 heteroatoms. The number of thioether (sulfide) groups is 1. The Morgan fingerprint density at radius 3 is 1.61 bits per heavy atom. The number of esters is 2. The average Bonchev–Trinajstić information content (AvgIpc) is 3.03. The summed E-state index contributed by atoms with van der Waals surface area (Å²) in [5.74, 6) is -0.920. The summed E-state index contributed by atoms with van der Waals surface area (Å²) in [6, 6.07) is -0.725. The highest BCUT2D eigenvalue weighted by Gasteiger charge is 2.19. The summed E-state index contributed by atoms with van der Waals surface area (Å²) in [6.45, 7) is 4.89. The fourth-order valence-electron chi connectivity index (χ4n) is 5.10. The third kappa shape index (κ3) is 30.8. The van der Waals surface area contributed by atoms with Crippen molar-refractivity contribution in [3.8, 4) is 0 Å². The van der Waals surface area contributed by atoms with E-state index >= 15 is 0 Å². The Balaban J connectivity index is 4.47. The van der Waals surface area contributed by atoms with Crippen molar-refractivity contribution in [2.24, 2.45) is 5.73 Å². The van der Waals surface area contributed by atoms with Crippen molar-refractivity contribution in [2.45, 2.75) is 180 Å². The first kappa shape index (κ1) is 44.2. The van der Waals surface area contributed by atoms with Crippen LogP contribution in [0.2, 0.25) is 0 Å². The molecule has 9 nitrogen and oxygen atoms in total. The molecular weight excluding hydrogens is 604 g/mol. The minimum atomic E-state index is -0.816.